The lowest BCUT2D eigenvalue weighted by atomic mass is 10.2. The molecular weight excluding hydrogens is 292 g/mol. The summed E-state index contributed by atoms with van der Waals surface area (Å²) in [6.07, 6.45) is 0. The molecule has 2 rings (SSSR count). The molecule has 5 heteroatoms. The molecule has 2 amide bonds. The van der Waals surface area contributed by atoms with Gasteiger partial charge in [-0.15, -0.1) is 0 Å². The summed E-state index contributed by atoms with van der Waals surface area (Å²) in [4.78, 5) is 23.6. The first kappa shape index (κ1) is 16.5. The van der Waals surface area contributed by atoms with E-state index >= 15 is 0 Å². The molecule has 0 unspecified atom stereocenters. The summed E-state index contributed by atoms with van der Waals surface area (Å²) in [6.45, 7) is 1.85. The van der Waals surface area contributed by atoms with Crippen LogP contribution in [0.4, 0.5) is 0 Å². The van der Waals surface area contributed by atoms with Crippen LogP contribution in [0.5, 0.6) is 5.75 Å². The zero-order valence-corrected chi connectivity index (χ0v) is 13.0. The predicted molar refractivity (Wildman–Crippen MR) is 87.8 cm³/mol. The Kier molecular flexibility index (Phi) is 6.17. The molecule has 0 aliphatic heterocycles. The molecule has 0 bridgehead atoms. The minimum atomic E-state index is -0.739. The van der Waals surface area contributed by atoms with Gasteiger partial charge in [-0.25, -0.2) is 0 Å². The van der Waals surface area contributed by atoms with Gasteiger partial charge in [-0.1, -0.05) is 48.5 Å². The highest BCUT2D eigenvalue weighted by molar-refractivity contribution is 5.86. The quantitative estimate of drug-likeness (QED) is 0.820. The van der Waals surface area contributed by atoms with Gasteiger partial charge in [0.1, 0.15) is 18.4 Å². The number of nitrogens with one attached hydrogen (secondary N) is 2. The number of para-hydroxylation sites is 1. The van der Waals surface area contributed by atoms with Crippen LogP contribution in [0.3, 0.4) is 0 Å². The topological polar surface area (TPSA) is 67.4 Å². The van der Waals surface area contributed by atoms with Crippen molar-refractivity contribution in [3.05, 3.63) is 66.2 Å². The second-order valence-corrected chi connectivity index (χ2v) is 5.08. The fraction of sp³-hybridized carbons (Fsp3) is 0.222. The average molecular weight is 312 g/mol. The Bertz CT molecular complexity index is 629. The molecule has 0 spiro atoms. The largest absolute Gasteiger partial charge is 0.491 e. The summed E-state index contributed by atoms with van der Waals surface area (Å²) < 4.78 is 5.57. The van der Waals surface area contributed by atoms with Crippen molar-refractivity contribution in [3.63, 3.8) is 0 Å². The number of benzene rings is 2. The summed E-state index contributed by atoms with van der Waals surface area (Å²) in [7, 11) is 0. The predicted octanol–water partition coefficient (Wildman–Crippen LogP) is 1.89. The number of ether oxygens (including phenoxy) is 1. The van der Waals surface area contributed by atoms with Crippen molar-refractivity contribution in [2.45, 2.75) is 19.5 Å². The highest BCUT2D eigenvalue weighted by Gasteiger charge is 2.20. The van der Waals surface area contributed by atoms with Crippen LogP contribution in [0.25, 0.3) is 0 Å². The first-order chi connectivity index (χ1) is 11.1. The second-order valence-electron chi connectivity index (χ2n) is 5.08. The van der Waals surface area contributed by atoms with Crippen LogP contribution in [0.2, 0.25) is 0 Å². The van der Waals surface area contributed by atoms with E-state index in [1.54, 1.807) is 12.1 Å². The molecule has 0 radical (unpaired) electrons. The Labute approximate surface area is 135 Å². The van der Waals surface area contributed by atoms with E-state index in [-0.39, 0.29) is 18.4 Å². The average Bonchev–Trinajstić information content (AvgIpc) is 2.58. The molecule has 23 heavy (non-hydrogen) atoms. The van der Waals surface area contributed by atoms with E-state index in [9.17, 15) is 9.59 Å². The van der Waals surface area contributed by atoms with Gasteiger partial charge in [0.05, 0.1) is 0 Å². The van der Waals surface area contributed by atoms with Crippen molar-refractivity contribution >= 4 is 11.8 Å². The van der Waals surface area contributed by atoms with Crippen LogP contribution >= 0.6 is 0 Å². The van der Waals surface area contributed by atoms with Gasteiger partial charge in [-0.3, -0.25) is 9.59 Å². The Morgan fingerprint density at radius 3 is 2.22 bits per heavy atom. The van der Waals surface area contributed by atoms with Crippen LogP contribution in [0.1, 0.15) is 12.5 Å². The van der Waals surface area contributed by atoms with Gasteiger partial charge in [-0.05, 0) is 17.7 Å². The molecule has 0 saturated carbocycles. The number of rotatable bonds is 7. The van der Waals surface area contributed by atoms with Crippen molar-refractivity contribution in [1.29, 1.82) is 0 Å². The van der Waals surface area contributed by atoms with Crippen molar-refractivity contribution in [3.8, 4) is 5.75 Å². The van der Waals surface area contributed by atoms with Gasteiger partial charge in [0.25, 0.3) is 0 Å². The Hall–Kier alpha value is -2.82. The molecule has 0 aliphatic rings. The summed E-state index contributed by atoms with van der Waals surface area (Å²) in [5.74, 6) is 0.0974. The summed E-state index contributed by atoms with van der Waals surface area (Å²) >= 11 is 0. The molecule has 0 heterocycles. The third-order valence-electron chi connectivity index (χ3n) is 3.16. The first-order valence-electron chi connectivity index (χ1n) is 7.42. The van der Waals surface area contributed by atoms with E-state index in [0.717, 1.165) is 5.56 Å². The Morgan fingerprint density at radius 1 is 1.00 bits per heavy atom. The molecule has 2 aromatic rings. The van der Waals surface area contributed by atoms with E-state index in [1.165, 1.54) is 6.92 Å². The highest BCUT2D eigenvalue weighted by Crippen LogP contribution is 2.08. The third kappa shape index (κ3) is 5.82. The van der Waals surface area contributed by atoms with E-state index in [2.05, 4.69) is 10.6 Å². The van der Waals surface area contributed by atoms with E-state index < -0.39 is 6.04 Å². The summed E-state index contributed by atoms with van der Waals surface area (Å²) in [5.41, 5.74) is 0.992. The fourth-order valence-electron chi connectivity index (χ4n) is 2.03. The molecule has 2 N–H and O–H groups in total. The van der Waals surface area contributed by atoms with E-state index in [4.69, 9.17) is 4.74 Å². The van der Waals surface area contributed by atoms with Crippen LogP contribution in [-0.4, -0.2) is 24.5 Å². The van der Waals surface area contributed by atoms with Crippen LogP contribution in [0.15, 0.2) is 60.7 Å². The molecule has 5 nitrogen and oxygen atoms in total. The van der Waals surface area contributed by atoms with Crippen LogP contribution in [0, 0.1) is 0 Å². The maximum absolute atomic E-state index is 12.3. The molecule has 1 atom stereocenters. The molecular formula is C18H20N2O3. The lowest BCUT2D eigenvalue weighted by Crippen LogP contribution is -2.49. The zero-order chi connectivity index (χ0) is 16.5. The number of amides is 2. The summed E-state index contributed by atoms with van der Waals surface area (Å²) in [5, 5.41) is 5.42. The standard InChI is InChI=1S/C18H20N2O3/c1-14(21)20-17(13-23-16-10-6-3-7-11-16)18(22)19-12-15-8-4-2-5-9-15/h2-11,17H,12-13H2,1H3,(H,19,22)(H,20,21)/t17-/m1/s1. The van der Waals surface area contributed by atoms with Crippen molar-refractivity contribution in [2.24, 2.45) is 0 Å². The van der Waals surface area contributed by atoms with Crippen molar-refractivity contribution in [2.75, 3.05) is 6.61 Å². The SMILES string of the molecule is CC(=O)N[C@H](COc1ccccc1)C(=O)NCc1ccccc1. The molecule has 0 aromatic heterocycles. The third-order valence-corrected chi connectivity index (χ3v) is 3.16. The minimum Gasteiger partial charge on any atom is -0.491 e. The normalized spacial score (nSPS) is 11.3. The number of hydrogen-bond donors (Lipinski definition) is 2. The van der Waals surface area contributed by atoms with Gasteiger partial charge in [0, 0.05) is 13.5 Å². The zero-order valence-electron chi connectivity index (χ0n) is 13.0. The Balaban J connectivity index is 1.91. The lowest BCUT2D eigenvalue weighted by Gasteiger charge is -2.18. The summed E-state index contributed by atoms with van der Waals surface area (Å²) in [6, 6.07) is 18.0. The van der Waals surface area contributed by atoms with E-state index in [1.807, 2.05) is 48.5 Å². The fourth-order valence-corrected chi connectivity index (χ4v) is 2.03. The van der Waals surface area contributed by atoms with Gasteiger partial charge in [0.15, 0.2) is 0 Å². The lowest BCUT2D eigenvalue weighted by molar-refractivity contribution is -0.128. The van der Waals surface area contributed by atoms with E-state index in [0.29, 0.717) is 12.3 Å². The second kappa shape index (κ2) is 8.58. The molecule has 0 aliphatic carbocycles. The van der Waals surface area contributed by atoms with Gasteiger partial charge < -0.3 is 15.4 Å². The number of hydrogen-bond acceptors (Lipinski definition) is 3. The maximum atomic E-state index is 12.3. The van der Waals surface area contributed by atoms with Crippen molar-refractivity contribution < 1.29 is 14.3 Å². The molecule has 2 aromatic carbocycles. The monoisotopic (exact) mass is 312 g/mol. The highest BCUT2D eigenvalue weighted by atomic mass is 16.5. The number of carbonyl (C=O) groups is 2. The maximum Gasteiger partial charge on any atom is 0.246 e. The van der Waals surface area contributed by atoms with Crippen LogP contribution < -0.4 is 15.4 Å². The Morgan fingerprint density at radius 2 is 1.61 bits per heavy atom. The van der Waals surface area contributed by atoms with Crippen molar-refractivity contribution in [1.82, 2.24) is 10.6 Å². The number of carbonyl (C=O) groups excluding carboxylic acids is 2. The molecule has 0 fully saturated rings. The smallest absolute Gasteiger partial charge is 0.246 e. The van der Waals surface area contributed by atoms with Gasteiger partial charge >= 0.3 is 0 Å². The minimum absolute atomic E-state index is 0.0736. The van der Waals surface area contributed by atoms with Crippen LogP contribution in [-0.2, 0) is 16.1 Å². The van der Waals surface area contributed by atoms with Gasteiger partial charge in [-0.2, -0.15) is 0 Å². The molecule has 0 saturated heterocycles. The first-order valence-corrected chi connectivity index (χ1v) is 7.42. The molecule has 120 valence electrons. The van der Waals surface area contributed by atoms with Gasteiger partial charge in [0.2, 0.25) is 11.8 Å².